The molecule has 0 fully saturated rings. The smallest absolute Gasteiger partial charge is 0.320 e. The van der Waals surface area contributed by atoms with Crippen molar-refractivity contribution in [3.8, 4) is 0 Å². The number of hydrogen-bond acceptors (Lipinski definition) is 3. The molecule has 0 aliphatic heterocycles. The number of sulfonamides is 1. The lowest BCUT2D eigenvalue weighted by atomic mass is 10.1. The van der Waals surface area contributed by atoms with Crippen LogP contribution in [0.2, 0.25) is 0 Å². The molecule has 0 aromatic heterocycles. The molecular weight excluding hydrogens is 249 g/mol. The molecule has 7 heteroatoms. The first-order valence-corrected chi connectivity index (χ1v) is 6.48. The highest BCUT2D eigenvalue weighted by molar-refractivity contribution is 7.90. The van der Waals surface area contributed by atoms with Crippen molar-refractivity contribution in [2.75, 3.05) is 12.3 Å². The Morgan fingerprint density at radius 3 is 2.59 bits per heavy atom. The topological polar surface area (TPSA) is 83.5 Å². The van der Waals surface area contributed by atoms with Crippen LogP contribution >= 0.6 is 0 Å². The molecule has 0 amide bonds. The van der Waals surface area contributed by atoms with Crippen molar-refractivity contribution >= 4 is 16.0 Å². The van der Waals surface area contributed by atoms with Crippen molar-refractivity contribution in [2.45, 2.75) is 6.42 Å². The van der Waals surface area contributed by atoms with E-state index in [9.17, 15) is 17.6 Å². The van der Waals surface area contributed by atoms with Gasteiger partial charge in [0.05, 0.1) is 0 Å². The quantitative estimate of drug-likeness (QED) is 0.775. The Balaban J connectivity index is 2.48. The SMILES string of the molecule is O=C(O)CS(=O)(=O)NCCc1ccccc1F. The second kappa shape index (κ2) is 5.74. The fourth-order valence-corrected chi connectivity index (χ4v) is 2.10. The fourth-order valence-electron chi connectivity index (χ4n) is 1.26. The molecule has 0 saturated carbocycles. The molecule has 5 nitrogen and oxygen atoms in total. The maximum atomic E-state index is 13.1. The minimum Gasteiger partial charge on any atom is -0.480 e. The minimum absolute atomic E-state index is 0.0312. The molecule has 0 radical (unpaired) electrons. The molecule has 0 bridgehead atoms. The third kappa shape index (κ3) is 4.92. The van der Waals surface area contributed by atoms with E-state index in [0.717, 1.165) is 0 Å². The molecule has 94 valence electrons. The summed E-state index contributed by atoms with van der Waals surface area (Å²) in [4.78, 5) is 10.2. The summed E-state index contributed by atoms with van der Waals surface area (Å²) in [5, 5.41) is 8.33. The second-order valence-electron chi connectivity index (χ2n) is 3.39. The number of carboxylic acids is 1. The van der Waals surface area contributed by atoms with Crippen molar-refractivity contribution in [1.82, 2.24) is 4.72 Å². The Morgan fingerprint density at radius 1 is 1.35 bits per heavy atom. The van der Waals surface area contributed by atoms with Gasteiger partial charge >= 0.3 is 5.97 Å². The van der Waals surface area contributed by atoms with Crippen molar-refractivity contribution in [3.05, 3.63) is 35.6 Å². The molecular formula is C10H12FNO4S. The van der Waals surface area contributed by atoms with Gasteiger partial charge in [-0.1, -0.05) is 18.2 Å². The molecule has 0 saturated heterocycles. The summed E-state index contributed by atoms with van der Waals surface area (Å²) in [6.07, 6.45) is 0.172. The summed E-state index contributed by atoms with van der Waals surface area (Å²) in [6, 6.07) is 6.00. The number of aliphatic carboxylic acids is 1. The zero-order valence-corrected chi connectivity index (χ0v) is 9.71. The van der Waals surface area contributed by atoms with E-state index >= 15 is 0 Å². The molecule has 0 spiro atoms. The standard InChI is InChI=1S/C10H12FNO4S/c11-9-4-2-1-3-8(9)5-6-12-17(15,16)7-10(13)14/h1-4,12H,5-7H2,(H,13,14). The monoisotopic (exact) mass is 261 g/mol. The summed E-state index contributed by atoms with van der Waals surface area (Å²) in [5.74, 6) is -2.82. The van der Waals surface area contributed by atoms with Crippen LogP contribution in [0.1, 0.15) is 5.56 Å². The van der Waals surface area contributed by atoms with Crippen LogP contribution in [0.3, 0.4) is 0 Å². The Morgan fingerprint density at radius 2 is 2.00 bits per heavy atom. The van der Waals surface area contributed by atoms with Gasteiger partial charge in [-0.15, -0.1) is 0 Å². The molecule has 0 aliphatic rings. The summed E-state index contributed by atoms with van der Waals surface area (Å²) in [5.41, 5.74) is 0.380. The Labute approximate surface area is 98.3 Å². The number of hydrogen-bond donors (Lipinski definition) is 2. The lowest BCUT2D eigenvalue weighted by Crippen LogP contribution is -2.31. The first-order chi connectivity index (χ1) is 7.91. The van der Waals surface area contributed by atoms with Crippen LogP contribution in [-0.2, 0) is 21.2 Å². The maximum absolute atomic E-state index is 13.1. The number of nitrogens with one attached hydrogen (secondary N) is 1. The van der Waals surface area contributed by atoms with E-state index in [0.29, 0.717) is 5.56 Å². The average Bonchev–Trinajstić information content (AvgIpc) is 2.18. The first-order valence-electron chi connectivity index (χ1n) is 4.83. The van der Waals surface area contributed by atoms with Crippen molar-refractivity contribution in [2.24, 2.45) is 0 Å². The van der Waals surface area contributed by atoms with Crippen molar-refractivity contribution in [3.63, 3.8) is 0 Å². The average molecular weight is 261 g/mol. The summed E-state index contributed by atoms with van der Waals surface area (Å²) in [7, 11) is -3.84. The van der Waals surface area contributed by atoms with Crippen molar-refractivity contribution < 1.29 is 22.7 Å². The van der Waals surface area contributed by atoms with Gasteiger partial charge in [0.2, 0.25) is 10.0 Å². The molecule has 2 N–H and O–H groups in total. The van der Waals surface area contributed by atoms with Crippen LogP contribution in [-0.4, -0.2) is 31.8 Å². The Bertz CT molecular complexity index is 501. The van der Waals surface area contributed by atoms with E-state index in [4.69, 9.17) is 5.11 Å². The maximum Gasteiger partial charge on any atom is 0.320 e. The van der Waals surface area contributed by atoms with E-state index in [1.807, 2.05) is 0 Å². The largest absolute Gasteiger partial charge is 0.480 e. The normalized spacial score (nSPS) is 11.4. The number of carbonyl (C=O) groups is 1. The minimum atomic E-state index is -3.84. The van der Waals surface area contributed by atoms with Crippen LogP contribution in [0, 0.1) is 5.82 Å². The van der Waals surface area contributed by atoms with Gasteiger partial charge in [0.15, 0.2) is 5.75 Å². The van der Waals surface area contributed by atoms with Gasteiger partial charge in [0.25, 0.3) is 0 Å². The highest BCUT2D eigenvalue weighted by Crippen LogP contribution is 2.06. The van der Waals surface area contributed by atoms with Gasteiger partial charge in [-0.25, -0.2) is 17.5 Å². The fraction of sp³-hybridized carbons (Fsp3) is 0.300. The zero-order chi connectivity index (χ0) is 12.9. The van der Waals surface area contributed by atoms with Gasteiger partial charge in [0, 0.05) is 6.54 Å². The van der Waals surface area contributed by atoms with Crippen LogP contribution in [0.5, 0.6) is 0 Å². The highest BCUT2D eigenvalue weighted by Gasteiger charge is 2.14. The van der Waals surface area contributed by atoms with E-state index in [1.165, 1.54) is 12.1 Å². The van der Waals surface area contributed by atoms with Crippen LogP contribution in [0.25, 0.3) is 0 Å². The molecule has 0 aliphatic carbocycles. The van der Waals surface area contributed by atoms with E-state index < -0.39 is 27.6 Å². The van der Waals surface area contributed by atoms with Gasteiger partial charge in [-0.3, -0.25) is 4.79 Å². The second-order valence-corrected chi connectivity index (χ2v) is 5.20. The molecule has 0 atom stereocenters. The lowest BCUT2D eigenvalue weighted by molar-refractivity contribution is -0.134. The number of rotatable bonds is 6. The summed E-state index contributed by atoms with van der Waals surface area (Å²) in [6.45, 7) is -0.0312. The molecule has 17 heavy (non-hydrogen) atoms. The van der Waals surface area contributed by atoms with Crippen molar-refractivity contribution in [1.29, 1.82) is 0 Å². The zero-order valence-electron chi connectivity index (χ0n) is 8.89. The summed E-state index contributed by atoms with van der Waals surface area (Å²) < 4.78 is 37.5. The highest BCUT2D eigenvalue weighted by atomic mass is 32.2. The number of benzene rings is 1. The Kier molecular flexibility index (Phi) is 4.59. The van der Waals surface area contributed by atoms with Crippen LogP contribution in [0.4, 0.5) is 4.39 Å². The molecule has 1 rings (SSSR count). The molecule has 0 heterocycles. The Hall–Kier alpha value is -1.47. The molecule has 1 aromatic rings. The van der Waals surface area contributed by atoms with E-state index in [1.54, 1.807) is 12.1 Å². The van der Waals surface area contributed by atoms with E-state index in [-0.39, 0.29) is 13.0 Å². The predicted molar refractivity (Wildman–Crippen MR) is 59.5 cm³/mol. The third-order valence-corrected chi connectivity index (χ3v) is 3.26. The predicted octanol–water partition coefficient (Wildman–Crippen LogP) is 0.372. The lowest BCUT2D eigenvalue weighted by Gasteiger charge is -2.05. The first kappa shape index (κ1) is 13.6. The van der Waals surface area contributed by atoms with Gasteiger partial charge in [0.1, 0.15) is 5.82 Å². The van der Waals surface area contributed by atoms with Gasteiger partial charge in [-0.05, 0) is 18.1 Å². The van der Waals surface area contributed by atoms with Crippen LogP contribution < -0.4 is 4.72 Å². The molecule has 1 aromatic carbocycles. The van der Waals surface area contributed by atoms with Gasteiger partial charge < -0.3 is 5.11 Å². The third-order valence-electron chi connectivity index (χ3n) is 1.99. The number of halogens is 1. The van der Waals surface area contributed by atoms with Crippen LogP contribution in [0.15, 0.2) is 24.3 Å². The summed E-state index contributed by atoms with van der Waals surface area (Å²) >= 11 is 0. The van der Waals surface area contributed by atoms with E-state index in [2.05, 4.69) is 4.72 Å². The number of carboxylic acid groups (broad SMARTS) is 1. The molecule has 0 unspecified atom stereocenters. The van der Waals surface area contributed by atoms with Gasteiger partial charge in [-0.2, -0.15) is 0 Å².